The molecule has 0 heterocycles. The highest BCUT2D eigenvalue weighted by Crippen LogP contribution is 2.24. The predicted molar refractivity (Wildman–Crippen MR) is 87.4 cm³/mol. The number of carbonyl (C=O) groups excluding carboxylic acids is 1. The molecule has 22 heavy (non-hydrogen) atoms. The van der Waals surface area contributed by atoms with Crippen molar-refractivity contribution in [2.75, 3.05) is 7.11 Å². The van der Waals surface area contributed by atoms with E-state index in [-0.39, 0.29) is 11.4 Å². The Hall–Kier alpha value is -2.28. The fourth-order valence-corrected chi connectivity index (χ4v) is 2.28. The number of carbonyl (C=O) groups is 1. The van der Waals surface area contributed by atoms with E-state index < -0.39 is 0 Å². The van der Waals surface area contributed by atoms with Crippen LogP contribution in [0.2, 0.25) is 10.0 Å². The number of ether oxygens (including phenoxy) is 1. The van der Waals surface area contributed by atoms with Crippen LogP contribution in [0.15, 0.2) is 48.0 Å². The van der Waals surface area contributed by atoms with Gasteiger partial charge in [0.15, 0.2) is 0 Å². The number of Topliss-reactive ketones (excluding diaryl/α,β-unsaturated/α-hetero) is 1. The number of hydrogen-bond acceptors (Lipinski definition) is 3. The number of halogens is 2. The second kappa shape index (κ2) is 7.13. The molecule has 0 aliphatic heterocycles. The molecule has 0 aromatic heterocycles. The third-order valence-corrected chi connectivity index (χ3v) is 3.54. The van der Waals surface area contributed by atoms with Crippen molar-refractivity contribution in [3.05, 3.63) is 69.2 Å². The first-order valence-corrected chi connectivity index (χ1v) is 7.06. The smallest absolute Gasteiger partial charge is 0.203 e. The van der Waals surface area contributed by atoms with E-state index in [1.807, 2.05) is 6.07 Å². The van der Waals surface area contributed by atoms with E-state index in [9.17, 15) is 10.1 Å². The number of hydrogen-bond donors (Lipinski definition) is 0. The highest BCUT2D eigenvalue weighted by molar-refractivity contribution is 6.35. The van der Waals surface area contributed by atoms with Gasteiger partial charge in [-0.05, 0) is 48.0 Å². The summed E-state index contributed by atoms with van der Waals surface area (Å²) in [4.78, 5) is 12.4. The van der Waals surface area contributed by atoms with Crippen molar-refractivity contribution in [3.8, 4) is 11.8 Å². The summed E-state index contributed by atoms with van der Waals surface area (Å²) in [6, 6.07) is 13.3. The second-order valence-electron chi connectivity index (χ2n) is 4.39. The molecule has 0 bridgehead atoms. The summed E-state index contributed by atoms with van der Waals surface area (Å²) < 4.78 is 5.04. The topological polar surface area (TPSA) is 50.1 Å². The van der Waals surface area contributed by atoms with Gasteiger partial charge in [-0.2, -0.15) is 5.26 Å². The number of methoxy groups -OCH3 is 1. The molecule has 0 amide bonds. The van der Waals surface area contributed by atoms with Crippen LogP contribution >= 0.6 is 23.2 Å². The number of allylic oxidation sites excluding steroid dienone is 1. The number of benzene rings is 2. The predicted octanol–water partition coefficient (Wildman–Crippen LogP) is 4.79. The SMILES string of the molecule is COc1ccc(C(=O)/C(C#N)=C/c2ccc(Cl)cc2Cl)cc1. The molecule has 0 saturated heterocycles. The summed E-state index contributed by atoms with van der Waals surface area (Å²) >= 11 is 11.9. The lowest BCUT2D eigenvalue weighted by atomic mass is 10.0. The van der Waals surface area contributed by atoms with E-state index in [4.69, 9.17) is 27.9 Å². The van der Waals surface area contributed by atoms with Crippen molar-refractivity contribution in [1.29, 1.82) is 5.26 Å². The molecule has 0 aliphatic rings. The van der Waals surface area contributed by atoms with Gasteiger partial charge in [0, 0.05) is 15.6 Å². The monoisotopic (exact) mass is 331 g/mol. The van der Waals surface area contributed by atoms with Crippen molar-refractivity contribution in [2.45, 2.75) is 0 Å². The van der Waals surface area contributed by atoms with Crippen molar-refractivity contribution in [1.82, 2.24) is 0 Å². The Morgan fingerprint density at radius 3 is 2.41 bits per heavy atom. The Bertz CT molecular complexity index is 774. The zero-order valence-corrected chi connectivity index (χ0v) is 13.2. The average Bonchev–Trinajstić information content (AvgIpc) is 2.54. The first-order chi connectivity index (χ1) is 10.5. The third-order valence-electron chi connectivity index (χ3n) is 2.98. The molecule has 2 aromatic carbocycles. The lowest BCUT2D eigenvalue weighted by molar-refractivity contribution is 0.104. The van der Waals surface area contributed by atoms with Crippen LogP contribution in [0.1, 0.15) is 15.9 Å². The molecule has 5 heteroatoms. The van der Waals surface area contributed by atoms with Gasteiger partial charge in [-0.25, -0.2) is 0 Å². The summed E-state index contributed by atoms with van der Waals surface area (Å²) in [5, 5.41) is 10.1. The van der Waals surface area contributed by atoms with Gasteiger partial charge in [0.05, 0.1) is 7.11 Å². The van der Waals surface area contributed by atoms with Gasteiger partial charge >= 0.3 is 0 Å². The van der Waals surface area contributed by atoms with E-state index in [0.29, 0.717) is 26.9 Å². The molecule has 2 rings (SSSR count). The molecule has 0 spiro atoms. The molecule has 0 radical (unpaired) electrons. The molecule has 0 unspecified atom stereocenters. The van der Waals surface area contributed by atoms with Crippen LogP contribution < -0.4 is 4.74 Å². The van der Waals surface area contributed by atoms with Gasteiger partial charge in [-0.15, -0.1) is 0 Å². The fraction of sp³-hybridized carbons (Fsp3) is 0.0588. The minimum Gasteiger partial charge on any atom is -0.497 e. The first-order valence-electron chi connectivity index (χ1n) is 6.30. The van der Waals surface area contributed by atoms with Crippen LogP contribution in [0.4, 0.5) is 0 Å². The van der Waals surface area contributed by atoms with E-state index in [0.717, 1.165) is 0 Å². The summed E-state index contributed by atoms with van der Waals surface area (Å²) in [5.74, 6) is 0.260. The average molecular weight is 332 g/mol. The zero-order chi connectivity index (χ0) is 16.1. The number of nitrogens with zero attached hydrogens (tertiary/aromatic N) is 1. The fourth-order valence-electron chi connectivity index (χ4n) is 1.82. The number of ketones is 1. The van der Waals surface area contributed by atoms with Crippen LogP contribution in [0.25, 0.3) is 6.08 Å². The van der Waals surface area contributed by atoms with E-state index in [1.54, 1.807) is 49.6 Å². The minimum absolute atomic E-state index is 0.00520. The number of rotatable bonds is 4. The Balaban J connectivity index is 2.36. The Morgan fingerprint density at radius 2 is 1.86 bits per heavy atom. The van der Waals surface area contributed by atoms with Gasteiger partial charge in [0.25, 0.3) is 0 Å². The molecule has 110 valence electrons. The van der Waals surface area contributed by atoms with Gasteiger partial charge in [0.1, 0.15) is 17.4 Å². The molecule has 0 fully saturated rings. The summed E-state index contributed by atoms with van der Waals surface area (Å²) in [5.41, 5.74) is 0.956. The molecular weight excluding hydrogens is 321 g/mol. The highest BCUT2D eigenvalue weighted by atomic mass is 35.5. The largest absolute Gasteiger partial charge is 0.497 e. The maximum atomic E-state index is 12.4. The lowest BCUT2D eigenvalue weighted by Crippen LogP contribution is -2.02. The minimum atomic E-state index is -0.379. The number of nitriles is 1. The first kappa shape index (κ1) is 16.1. The van der Waals surface area contributed by atoms with Crippen molar-refractivity contribution in [2.24, 2.45) is 0 Å². The molecule has 0 saturated carbocycles. The van der Waals surface area contributed by atoms with Crippen molar-refractivity contribution in [3.63, 3.8) is 0 Å². The normalized spacial score (nSPS) is 10.9. The Morgan fingerprint density at radius 1 is 1.18 bits per heavy atom. The summed E-state index contributed by atoms with van der Waals surface area (Å²) in [7, 11) is 1.54. The maximum Gasteiger partial charge on any atom is 0.203 e. The zero-order valence-electron chi connectivity index (χ0n) is 11.6. The molecular formula is C17H11Cl2NO2. The molecule has 0 aliphatic carbocycles. The molecule has 0 atom stereocenters. The van der Waals surface area contributed by atoms with Gasteiger partial charge in [0.2, 0.25) is 5.78 Å². The van der Waals surface area contributed by atoms with Crippen LogP contribution in [0.5, 0.6) is 5.75 Å². The summed E-state index contributed by atoms with van der Waals surface area (Å²) in [6.07, 6.45) is 1.45. The Kier molecular flexibility index (Phi) is 5.21. The van der Waals surface area contributed by atoms with E-state index in [1.165, 1.54) is 6.08 Å². The van der Waals surface area contributed by atoms with E-state index in [2.05, 4.69) is 0 Å². The molecule has 2 aromatic rings. The quantitative estimate of drug-likeness (QED) is 0.459. The van der Waals surface area contributed by atoms with Gasteiger partial charge in [-0.3, -0.25) is 4.79 Å². The standard InChI is InChI=1S/C17H11Cl2NO2/c1-22-15-6-3-11(4-7-15)17(21)13(10-20)8-12-2-5-14(18)9-16(12)19/h2-9H,1H3/b13-8+. The van der Waals surface area contributed by atoms with Gasteiger partial charge < -0.3 is 4.74 Å². The second-order valence-corrected chi connectivity index (χ2v) is 5.24. The molecule has 3 nitrogen and oxygen atoms in total. The van der Waals surface area contributed by atoms with Gasteiger partial charge in [-0.1, -0.05) is 29.3 Å². The lowest BCUT2D eigenvalue weighted by Gasteiger charge is -2.03. The molecule has 0 N–H and O–H groups in total. The Labute approximate surface area is 138 Å². The maximum absolute atomic E-state index is 12.4. The highest BCUT2D eigenvalue weighted by Gasteiger charge is 2.13. The van der Waals surface area contributed by atoms with Crippen LogP contribution in [0.3, 0.4) is 0 Å². The van der Waals surface area contributed by atoms with Crippen LogP contribution in [-0.2, 0) is 0 Å². The van der Waals surface area contributed by atoms with Crippen LogP contribution in [0, 0.1) is 11.3 Å². The van der Waals surface area contributed by atoms with Crippen LogP contribution in [-0.4, -0.2) is 12.9 Å². The third kappa shape index (κ3) is 3.67. The van der Waals surface area contributed by atoms with E-state index >= 15 is 0 Å². The van der Waals surface area contributed by atoms with Crippen molar-refractivity contribution >= 4 is 35.1 Å². The van der Waals surface area contributed by atoms with Crippen molar-refractivity contribution < 1.29 is 9.53 Å². The summed E-state index contributed by atoms with van der Waals surface area (Å²) in [6.45, 7) is 0.